The van der Waals surface area contributed by atoms with E-state index >= 15 is 0 Å². The molecule has 2 aromatic rings. The number of aryl methyl sites for hydroxylation is 1. The summed E-state index contributed by atoms with van der Waals surface area (Å²) >= 11 is 0. The van der Waals surface area contributed by atoms with Crippen LogP contribution in [-0.2, 0) is 20.6 Å². The highest BCUT2D eigenvalue weighted by Crippen LogP contribution is 2.26. The molecule has 7 heteroatoms. The fourth-order valence-corrected chi connectivity index (χ4v) is 3.43. The molecule has 2 heterocycles. The zero-order chi connectivity index (χ0) is 20.6. The van der Waals surface area contributed by atoms with Crippen molar-refractivity contribution in [2.24, 2.45) is 0 Å². The minimum absolute atomic E-state index is 0.0115. The van der Waals surface area contributed by atoms with Crippen molar-refractivity contribution >= 4 is 5.97 Å². The SMILES string of the molecule is CCOC(=O)c1ccc(-n2cc(C#N)c(CCC3CCCO3)c2)cc1OCOC. The van der Waals surface area contributed by atoms with Crippen LogP contribution >= 0.6 is 0 Å². The van der Waals surface area contributed by atoms with Gasteiger partial charge in [-0.3, -0.25) is 0 Å². The van der Waals surface area contributed by atoms with Crippen molar-refractivity contribution in [1.82, 2.24) is 4.57 Å². The molecule has 0 saturated carbocycles. The smallest absolute Gasteiger partial charge is 0.341 e. The van der Waals surface area contributed by atoms with Crippen LogP contribution in [0, 0.1) is 11.3 Å². The Hall–Kier alpha value is -2.82. The van der Waals surface area contributed by atoms with Gasteiger partial charge < -0.3 is 23.5 Å². The minimum atomic E-state index is -0.451. The van der Waals surface area contributed by atoms with E-state index in [4.69, 9.17) is 18.9 Å². The predicted octanol–water partition coefficient (Wildman–Crippen LogP) is 3.62. The fraction of sp³-hybridized carbons (Fsp3) is 0.455. The van der Waals surface area contributed by atoms with E-state index in [1.807, 2.05) is 10.8 Å². The number of benzene rings is 1. The van der Waals surface area contributed by atoms with Crippen molar-refractivity contribution in [2.45, 2.75) is 38.7 Å². The third-order valence-corrected chi connectivity index (χ3v) is 4.88. The van der Waals surface area contributed by atoms with Gasteiger partial charge in [-0.1, -0.05) is 0 Å². The average molecular weight is 398 g/mol. The van der Waals surface area contributed by atoms with Gasteiger partial charge in [-0.05, 0) is 50.3 Å². The maximum Gasteiger partial charge on any atom is 0.341 e. The van der Waals surface area contributed by atoms with Crippen LogP contribution in [0.4, 0.5) is 0 Å². The van der Waals surface area contributed by atoms with Crippen LogP contribution in [0.2, 0.25) is 0 Å². The van der Waals surface area contributed by atoms with Crippen LogP contribution in [0.1, 0.15) is 47.7 Å². The molecular weight excluding hydrogens is 372 g/mol. The molecule has 1 unspecified atom stereocenters. The molecule has 3 rings (SSSR count). The van der Waals surface area contributed by atoms with Crippen LogP contribution < -0.4 is 4.74 Å². The van der Waals surface area contributed by atoms with Gasteiger partial charge in [-0.25, -0.2) is 4.79 Å². The van der Waals surface area contributed by atoms with Crippen molar-refractivity contribution in [2.75, 3.05) is 27.1 Å². The molecule has 0 amide bonds. The second-order valence-electron chi connectivity index (χ2n) is 6.84. The first-order chi connectivity index (χ1) is 14.2. The van der Waals surface area contributed by atoms with Gasteiger partial charge in [0.25, 0.3) is 0 Å². The Morgan fingerprint density at radius 3 is 2.93 bits per heavy atom. The number of esters is 1. The van der Waals surface area contributed by atoms with Gasteiger partial charge in [-0.15, -0.1) is 0 Å². The number of carbonyl (C=O) groups is 1. The Labute approximate surface area is 170 Å². The van der Waals surface area contributed by atoms with Crippen molar-refractivity contribution in [3.63, 3.8) is 0 Å². The van der Waals surface area contributed by atoms with Gasteiger partial charge in [-0.2, -0.15) is 5.26 Å². The standard InChI is InChI=1S/C22H26N2O5/c1-3-27-22(25)20-9-7-18(11-21(20)29-15-26-2)24-13-16(17(12-23)14-24)6-8-19-5-4-10-28-19/h7,9,11,13-14,19H,3-6,8,10,15H2,1-2H3. The van der Waals surface area contributed by atoms with Crippen LogP contribution in [0.15, 0.2) is 30.6 Å². The highest BCUT2D eigenvalue weighted by molar-refractivity contribution is 5.92. The van der Waals surface area contributed by atoms with Crippen LogP contribution in [-0.4, -0.2) is 43.8 Å². The third-order valence-electron chi connectivity index (χ3n) is 4.88. The van der Waals surface area contributed by atoms with Crippen LogP contribution in [0.25, 0.3) is 5.69 Å². The van der Waals surface area contributed by atoms with Gasteiger partial charge in [0.05, 0.1) is 18.3 Å². The molecule has 1 atom stereocenters. The van der Waals surface area contributed by atoms with Gasteiger partial charge >= 0.3 is 5.97 Å². The summed E-state index contributed by atoms with van der Waals surface area (Å²) in [5.74, 6) is -0.0801. The molecule has 0 radical (unpaired) electrons. The van der Waals surface area contributed by atoms with Crippen molar-refractivity contribution in [3.05, 3.63) is 47.3 Å². The topological polar surface area (TPSA) is 82.7 Å². The van der Waals surface area contributed by atoms with Crippen LogP contribution in [0.3, 0.4) is 0 Å². The summed E-state index contributed by atoms with van der Waals surface area (Å²) < 4.78 is 23.2. The lowest BCUT2D eigenvalue weighted by molar-refractivity contribution is 0.0438. The van der Waals surface area contributed by atoms with E-state index in [0.29, 0.717) is 16.9 Å². The maximum atomic E-state index is 12.2. The van der Waals surface area contributed by atoms with E-state index in [-0.39, 0.29) is 19.5 Å². The maximum absolute atomic E-state index is 12.2. The summed E-state index contributed by atoms with van der Waals surface area (Å²) in [6, 6.07) is 7.48. The zero-order valence-electron chi connectivity index (χ0n) is 16.8. The van der Waals surface area contributed by atoms with Gasteiger partial charge in [0, 0.05) is 37.9 Å². The number of nitriles is 1. The summed E-state index contributed by atoms with van der Waals surface area (Å²) in [6.45, 7) is 2.87. The molecule has 1 aliphatic heterocycles. The molecule has 1 saturated heterocycles. The molecule has 0 bridgehead atoms. The van der Waals surface area contributed by atoms with E-state index in [1.54, 1.807) is 31.3 Å². The average Bonchev–Trinajstić information content (AvgIpc) is 3.40. The zero-order valence-corrected chi connectivity index (χ0v) is 16.8. The first-order valence-electron chi connectivity index (χ1n) is 9.82. The number of carbonyl (C=O) groups excluding carboxylic acids is 1. The van der Waals surface area contributed by atoms with E-state index in [1.165, 1.54) is 7.11 Å². The van der Waals surface area contributed by atoms with E-state index in [2.05, 4.69) is 6.07 Å². The molecule has 0 aliphatic carbocycles. The molecule has 1 fully saturated rings. The quantitative estimate of drug-likeness (QED) is 0.474. The highest BCUT2D eigenvalue weighted by atomic mass is 16.7. The molecule has 0 spiro atoms. The molecular formula is C22H26N2O5. The summed E-state index contributed by atoms with van der Waals surface area (Å²) in [5, 5.41) is 9.52. The van der Waals surface area contributed by atoms with E-state index in [9.17, 15) is 10.1 Å². The monoisotopic (exact) mass is 398 g/mol. The predicted molar refractivity (Wildman–Crippen MR) is 106 cm³/mol. The van der Waals surface area contributed by atoms with Crippen LogP contribution in [0.5, 0.6) is 5.75 Å². The number of rotatable bonds is 9. The summed E-state index contributed by atoms with van der Waals surface area (Å²) in [6.07, 6.45) is 7.91. The Bertz CT molecular complexity index is 878. The summed E-state index contributed by atoms with van der Waals surface area (Å²) in [4.78, 5) is 12.2. The Morgan fingerprint density at radius 2 is 2.24 bits per heavy atom. The molecule has 1 aromatic carbocycles. The second-order valence-corrected chi connectivity index (χ2v) is 6.84. The summed E-state index contributed by atoms with van der Waals surface area (Å²) in [5.41, 5.74) is 2.73. The Kier molecular flexibility index (Phi) is 7.28. The first kappa shape index (κ1) is 20.9. The number of hydrogen-bond acceptors (Lipinski definition) is 6. The van der Waals surface area contributed by atoms with E-state index in [0.717, 1.165) is 43.5 Å². The molecule has 29 heavy (non-hydrogen) atoms. The third kappa shape index (κ3) is 5.17. The second kappa shape index (κ2) is 10.1. The van der Waals surface area contributed by atoms with Crippen molar-refractivity contribution in [3.8, 4) is 17.5 Å². The Balaban J connectivity index is 1.84. The molecule has 7 nitrogen and oxygen atoms in total. The number of methoxy groups -OCH3 is 1. The fourth-order valence-electron chi connectivity index (χ4n) is 3.43. The number of ether oxygens (including phenoxy) is 4. The van der Waals surface area contributed by atoms with Gasteiger partial charge in [0.15, 0.2) is 6.79 Å². The molecule has 1 aromatic heterocycles. The highest BCUT2D eigenvalue weighted by Gasteiger charge is 2.18. The molecule has 0 N–H and O–H groups in total. The van der Waals surface area contributed by atoms with Crippen molar-refractivity contribution in [1.29, 1.82) is 5.26 Å². The number of nitrogens with zero attached hydrogens (tertiary/aromatic N) is 2. The normalized spacial score (nSPS) is 15.8. The van der Waals surface area contributed by atoms with E-state index < -0.39 is 5.97 Å². The number of aromatic nitrogens is 1. The Morgan fingerprint density at radius 1 is 1.38 bits per heavy atom. The largest absolute Gasteiger partial charge is 0.467 e. The van der Waals surface area contributed by atoms with Gasteiger partial charge in [0.2, 0.25) is 0 Å². The first-order valence-corrected chi connectivity index (χ1v) is 9.82. The summed E-state index contributed by atoms with van der Waals surface area (Å²) in [7, 11) is 1.51. The molecule has 154 valence electrons. The lowest BCUT2D eigenvalue weighted by atomic mass is 10.1. The lowest BCUT2D eigenvalue weighted by Gasteiger charge is -2.12. The molecule has 1 aliphatic rings. The number of hydrogen-bond donors (Lipinski definition) is 0. The minimum Gasteiger partial charge on any atom is -0.467 e. The van der Waals surface area contributed by atoms with Gasteiger partial charge in [0.1, 0.15) is 17.4 Å². The lowest BCUT2D eigenvalue weighted by Crippen LogP contribution is -2.10. The van der Waals surface area contributed by atoms with Crippen molar-refractivity contribution < 1.29 is 23.7 Å².